The monoisotopic (exact) mass is 318 g/mol. The lowest BCUT2D eigenvalue weighted by Gasteiger charge is -2.33. The van der Waals surface area contributed by atoms with E-state index in [1.807, 2.05) is 19.1 Å². The third-order valence-electron chi connectivity index (χ3n) is 4.01. The molecule has 0 radical (unpaired) electrons. The lowest BCUT2D eigenvalue weighted by molar-refractivity contribution is -0.129. The van der Waals surface area contributed by atoms with Crippen molar-refractivity contribution in [1.82, 2.24) is 5.32 Å². The van der Waals surface area contributed by atoms with Gasteiger partial charge in [-0.05, 0) is 30.0 Å². The quantitative estimate of drug-likeness (QED) is 0.876. The normalized spacial score (nSPS) is 18.3. The Kier molecular flexibility index (Phi) is 6.16. The predicted molar refractivity (Wildman–Crippen MR) is 90.5 cm³/mol. The van der Waals surface area contributed by atoms with Gasteiger partial charge in [-0.15, -0.1) is 0 Å². The third-order valence-corrected chi connectivity index (χ3v) is 4.01. The zero-order chi connectivity index (χ0) is 16.8. The van der Waals surface area contributed by atoms with Crippen LogP contribution in [-0.2, 0) is 14.3 Å². The molecule has 1 aliphatic heterocycles. The van der Waals surface area contributed by atoms with Crippen LogP contribution in [0.5, 0.6) is 0 Å². The van der Waals surface area contributed by atoms with Crippen molar-refractivity contribution >= 4 is 17.5 Å². The molecule has 23 heavy (non-hydrogen) atoms. The van der Waals surface area contributed by atoms with E-state index >= 15 is 0 Å². The van der Waals surface area contributed by atoms with E-state index in [1.54, 1.807) is 4.90 Å². The average molecular weight is 318 g/mol. The van der Waals surface area contributed by atoms with Gasteiger partial charge in [0.1, 0.15) is 6.61 Å². The molecule has 1 aliphatic rings. The zero-order valence-electron chi connectivity index (χ0n) is 14.2. The molecule has 1 unspecified atom stereocenters. The summed E-state index contributed by atoms with van der Waals surface area (Å²) in [5.74, 6) is 0.449. The number of hydrogen-bond donors (Lipinski definition) is 1. The predicted octanol–water partition coefficient (Wildman–Crippen LogP) is 2.46. The van der Waals surface area contributed by atoms with Crippen LogP contribution in [0.4, 0.5) is 5.69 Å². The summed E-state index contributed by atoms with van der Waals surface area (Å²) in [5.41, 5.74) is 2.13. The van der Waals surface area contributed by atoms with Gasteiger partial charge >= 0.3 is 0 Å². The molecule has 1 heterocycles. The van der Waals surface area contributed by atoms with Crippen molar-refractivity contribution in [1.29, 1.82) is 0 Å². The molecule has 126 valence electrons. The van der Waals surface area contributed by atoms with Crippen LogP contribution < -0.4 is 10.2 Å². The molecule has 2 amide bonds. The van der Waals surface area contributed by atoms with E-state index < -0.39 is 0 Å². The van der Waals surface area contributed by atoms with Gasteiger partial charge < -0.3 is 15.0 Å². The van der Waals surface area contributed by atoms with E-state index in [1.165, 1.54) is 5.56 Å². The Balaban J connectivity index is 1.97. The Hall–Kier alpha value is -1.88. The van der Waals surface area contributed by atoms with Crippen LogP contribution >= 0.6 is 0 Å². The van der Waals surface area contributed by atoms with Crippen LogP contribution in [0.2, 0.25) is 0 Å². The highest BCUT2D eigenvalue weighted by Gasteiger charge is 2.27. The fourth-order valence-corrected chi connectivity index (χ4v) is 2.58. The lowest BCUT2D eigenvalue weighted by atomic mass is 10.0. The summed E-state index contributed by atoms with van der Waals surface area (Å²) in [6.45, 7) is 7.21. The molecule has 1 aromatic rings. The van der Waals surface area contributed by atoms with Gasteiger partial charge in [-0.2, -0.15) is 0 Å². The summed E-state index contributed by atoms with van der Waals surface area (Å²) in [7, 11) is 0. The highest BCUT2D eigenvalue weighted by atomic mass is 16.5. The molecule has 1 N–H and O–H groups in total. The van der Waals surface area contributed by atoms with Gasteiger partial charge in [0, 0.05) is 18.7 Å². The van der Waals surface area contributed by atoms with E-state index in [4.69, 9.17) is 4.74 Å². The largest absolute Gasteiger partial charge is 0.365 e. The Bertz CT molecular complexity index is 540. The molecule has 1 aromatic carbocycles. The molecule has 0 spiro atoms. The molecule has 0 aromatic heterocycles. The number of ether oxygens (including phenoxy) is 1. The Labute approximate surface area is 138 Å². The van der Waals surface area contributed by atoms with Crippen LogP contribution in [0, 0.1) is 0 Å². The second kappa shape index (κ2) is 8.11. The average Bonchev–Trinajstić information content (AvgIpc) is 2.54. The SMILES string of the molecule is CCCC(=O)NCC1CN(c2ccc(C(C)C)cc2)C(=O)CO1. The number of nitrogens with one attached hydrogen (secondary N) is 1. The summed E-state index contributed by atoms with van der Waals surface area (Å²) in [6, 6.07) is 8.07. The van der Waals surface area contributed by atoms with E-state index in [0.29, 0.717) is 25.4 Å². The minimum atomic E-state index is -0.168. The molecule has 1 atom stereocenters. The van der Waals surface area contributed by atoms with Crippen molar-refractivity contribution in [2.24, 2.45) is 0 Å². The maximum Gasteiger partial charge on any atom is 0.253 e. The second-order valence-corrected chi connectivity index (χ2v) is 6.24. The molecule has 0 saturated carbocycles. The topological polar surface area (TPSA) is 58.6 Å². The molecule has 2 rings (SSSR count). The van der Waals surface area contributed by atoms with Crippen LogP contribution in [-0.4, -0.2) is 37.6 Å². The summed E-state index contributed by atoms with van der Waals surface area (Å²) in [6.07, 6.45) is 1.18. The molecular weight excluding hydrogens is 292 g/mol. The first-order valence-electron chi connectivity index (χ1n) is 8.30. The highest BCUT2D eigenvalue weighted by Crippen LogP contribution is 2.22. The number of rotatable bonds is 6. The summed E-state index contributed by atoms with van der Waals surface area (Å²) < 4.78 is 5.53. The molecule has 1 saturated heterocycles. The maximum absolute atomic E-state index is 12.1. The van der Waals surface area contributed by atoms with Gasteiger partial charge in [0.05, 0.1) is 12.6 Å². The first-order valence-corrected chi connectivity index (χ1v) is 8.30. The maximum atomic E-state index is 12.1. The Morgan fingerprint density at radius 3 is 2.65 bits per heavy atom. The van der Waals surface area contributed by atoms with Crippen molar-refractivity contribution in [3.63, 3.8) is 0 Å². The minimum absolute atomic E-state index is 0.0286. The van der Waals surface area contributed by atoms with Crippen molar-refractivity contribution in [3.8, 4) is 0 Å². The van der Waals surface area contributed by atoms with Crippen LogP contribution in [0.1, 0.15) is 45.1 Å². The molecule has 1 fully saturated rings. The van der Waals surface area contributed by atoms with Crippen molar-refractivity contribution in [3.05, 3.63) is 29.8 Å². The Morgan fingerprint density at radius 1 is 1.35 bits per heavy atom. The third kappa shape index (κ3) is 4.79. The highest BCUT2D eigenvalue weighted by molar-refractivity contribution is 5.95. The molecule has 5 heteroatoms. The van der Waals surface area contributed by atoms with E-state index in [9.17, 15) is 9.59 Å². The summed E-state index contributed by atoms with van der Waals surface area (Å²) >= 11 is 0. The summed E-state index contributed by atoms with van der Waals surface area (Å²) in [4.78, 5) is 25.4. The van der Waals surface area contributed by atoms with Crippen molar-refractivity contribution in [2.45, 2.75) is 45.6 Å². The lowest BCUT2D eigenvalue weighted by Crippen LogP contribution is -2.50. The van der Waals surface area contributed by atoms with Gasteiger partial charge in [-0.25, -0.2) is 0 Å². The van der Waals surface area contributed by atoms with E-state index in [-0.39, 0.29) is 24.5 Å². The number of amides is 2. The smallest absolute Gasteiger partial charge is 0.253 e. The number of anilines is 1. The van der Waals surface area contributed by atoms with Crippen LogP contribution in [0.3, 0.4) is 0 Å². The zero-order valence-corrected chi connectivity index (χ0v) is 14.2. The number of carbonyl (C=O) groups is 2. The number of hydrogen-bond acceptors (Lipinski definition) is 3. The minimum Gasteiger partial charge on any atom is -0.365 e. The van der Waals surface area contributed by atoms with Gasteiger partial charge in [0.15, 0.2) is 0 Å². The molecule has 0 bridgehead atoms. The molecule has 0 aliphatic carbocycles. The number of benzene rings is 1. The number of nitrogens with zero attached hydrogens (tertiary/aromatic N) is 1. The van der Waals surface area contributed by atoms with Gasteiger partial charge in [0.25, 0.3) is 5.91 Å². The standard InChI is InChI=1S/C18H26N2O3/c1-4-5-17(21)19-10-16-11-20(18(22)12-23-16)15-8-6-14(7-9-15)13(2)3/h6-9,13,16H,4-5,10-12H2,1-3H3,(H,19,21). The first-order chi connectivity index (χ1) is 11.0. The van der Waals surface area contributed by atoms with Crippen molar-refractivity contribution in [2.75, 3.05) is 24.6 Å². The van der Waals surface area contributed by atoms with E-state index in [0.717, 1.165) is 12.1 Å². The van der Waals surface area contributed by atoms with Crippen LogP contribution in [0.25, 0.3) is 0 Å². The van der Waals surface area contributed by atoms with Gasteiger partial charge in [-0.3, -0.25) is 9.59 Å². The fraction of sp³-hybridized carbons (Fsp3) is 0.556. The van der Waals surface area contributed by atoms with Crippen LogP contribution in [0.15, 0.2) is 24.3 Å². The first kappa shape index (κ1) is 17.5. The van der Waals surface area contributed by atoms with Gasteiger partial charge in [-0.1, -0.05) is 32.9 Å². The number of carbonyl (C=O) groups excluding carboxylic acids is 2. The van der Waals surface area contributed by atoms with E-state index in [2.05, 4.69) is 31.3 Å². The second-order valence-electron chi connectivity index (χ2n) is 6.24. The number of morpholine rings is 1. The molecule has 5 nitrogen and oxygen atoms in total. The van der Waals surface area contributed by atoms with Gasteiger partial charge in [0.2, 0.25) is 5.91 Å². The summed E-state index contributed by atoms with van der Waals surface area (Å²) in [5, 5.41) is 2.86. The van der Waals surface area contributed by atoms with Crippen molar-refractivity contribution < 1.29 is 14.3 Å². The fourth-order valence-electron chi connectivity index (χ4n) is 2.58. The molecular formula is C18H26N2O3. The Morgan fingerprint density at radius 2 is 2.04 bits per heavy atom.